The van der Waals surface area contributed by atoms with E-state index in [-0.39, 0.29) is 11.8 Å². The molecule has 4 nitrogen and oxygen atoms in total. The topological polar surface area (TPSA) is 36.4 Å². The Bertz CT molecular complexity index is 546. The lowest BCUT2D eigenvalue weighted by molar-refractivity contribution is -0.137. The number of carbonyl (C=O) groups is 1. The second kappa shape index (κ2) is 6.67. The molecule has 1 aliphatic carbocycles. The third-order valence-electron chi connectivity index (χ3n) is 4.59. The predicted molar refractivity (Wildman–Crippen MR) is 82.5 cm³/mol. The molecule has 8 heteroatoms. The number of thiazole rings is 1. The van der Waals surface area contributed by atoms with Crippen molar-refractivity contribution in [2.45, 2.75) is 38.3 Å². The van der Waals surface area contributed by atoms with Gasteiger partial charge in [-0.15, -0.1) is 0 Å². The van der Waals surface area contributed by atoms with Crippen molar-refractivity contribution in [1.29, 1.82) is 0 Å². The van der Waals surface area contributed by atoms with Gasteiger partial charge in [0.15, 0.2) is 5.13 Å². The van der Waals surface area contributed by atoms with Gasteiger partial charge in [-0.1, -0.05) is 30.6 Å². The van der Waals surface area contributed by atoms with Gasteiger partial charge in [-0.05, 0) is 12.8 Å². The van der Waals surface area contributed by atoms with E-state index in [0.29, 0.717) is 42.6 Å². The first-order chi connectivity index (χ1) is 10.9. The second-order valence-corrected chi connectivity index (χ2v) is 7.16. The number of amides is 1. The van der Waals surface area contributed by atoms with Crippen LogP contribution in [-0.4, -0.2) is 42.0 Å². The lowest BCUT2D eigenvalue weighted by Crippen LogP contribution is -2.50. The van der Waals surface area contributed by atoms with E-state index in [2.05, 4.69) is 4.98 Å². The molecule has 1 saturated carbocycles. The van der Waals surface area contributed by atoms with Crippen molar-refractivity contribution in [2.75, 3.05) is 31.1 Å². The van der Waals surface area contributed by atoms with Crippen molar-refractivity contribution < 1.29 is 18.0 Å². The highest BCUT2D eigenvalue weighted by atomic mass is 32.1. The Labute approximate surface area is 137 Å². The van der Waals surface area contributed by atoms with E-state index in [0.717, 1.165) is 31.9 Å². The molecule has 0 bridgehead atoms. The SMILES string of the molecule is O=C(C1CCCCC1)N1CCN(c2ncc(C(F)(F)F)s2)CC1. The average Bonchev–Trinajstić information content (AvgIpc) is 3.05. The molecule has 2 heterocycles. The summed E-state index contributed by atoms with van der Waals surface area (Å²) in [6, 6.07) is 0. The molecular weight excluding hydrogens is 327 g/mol. The van der Waals surface area contributed by atoms with Crippen LogP contribution in [0.2, 0.25) is 0 Å². The van der Waals surface area contributed by atoms with E-state index >= 15 is 0 Å². The first kappa shape index (κ1) is 16.5. The minimum absolute atomic E-state index is 0.145. The lowest BCUT2D eigenvalue weighted by atomic mass is 9.88. The summed E-state index contributed by atoms with van der Waals surface area (Å²) in [5.74, 6) is 0.367. The van der Waals surface area contributed by atoms with Gasteiger partial charge >= 0.3 is 6.18 Å². The number of carbonyl (C=O) groups excluding carboxylic acids is 1. The Morgan fingerprint density at radius 2 is 1.78 bits per heavy atom. The highest BCUT2D eigenvalue weighted by Gasteiger charge is 2.35. The van der Waals surface area contributed by atoms with Crippen LogP contribution in [0, 0.1) is 5.92 Å². The molecule has 128 valence electrons. The number of aromatic nitrogens is 1. The zero-order valence-corrected chi connectivity index (χ0v) is 13.6. The summed E-state index contributed by atoms with van der Waals surface area (Å²) in [5.41, 5.74) is 0. The Hall–Kier alpha value is -1.31. The van der Waals surface area contributed by atoms with Crippen molar-refractivity contribution in [3.8, 4) is 0 Å². The average molecular weight is 347 g/mol. The fraction of sp³-hybridized carbons (Fsp3) is 0.733. The van der Waals surface area contributed by atoms with Crippen molar-refractivity contribution in [2.24, 2.45) is 5.92 Å². The number of hydrogen-bond acceptors (Lipinski definition) is 4. The summed E-state index contributed by atoms with van der Waals surface area (Å²) < 4.78 is 37.9. The maximum absolute atomic E-state index is 12.6. The number of hydrogen-bond donors (Lipinski definition) is 0. The minimum atomic E-state index is -4.34. The van der Waals surface area contributed by atoms with Gasteiger partial charge in [-0.3, -0.25) is 4.79 Å². The lowest BCUT2D eigenvalue weighted by Gasteiger charge is -2.37. The van der Waals surface area contributed by atoms with Crippen molar-refractivity contribution in [3.05, 3.63) is 11.1 Å². The van der Waals surface area contributed by atoms with Crippen molar-refractivity contribution in [1.82, 2.24) is 9.88 Å². The smallest absolute Gasteiger partial charge is 0.345 e. The molecule has 2 aliphatic rings. The molecule has 2 fully saturated rings. The second-order valence-electron chi connectivity index (χ2n) is 6.15. The molecule has 1 amide bonds. The number of piperazine rings is 1. The van der Waals surface area contributed by atoms with E-state index in [1.165, 1.54) is 6.42 Å². The first-order valence-corrected chi connectivity index (χ1v) is 8.83. The molecule has 1 aliphatic heterocycles. The van der Waals surface area contributed by atoms with Gasteiger partial charge < -0.3 is 9.80 Å². The molecule has 3 rings (SSSR count). The standard InChI is InChI=1S/C15H20F3N3OS/c16-15(17,18)12-10-19-14(23-12)21-8-6-20(7-9-21)13(22)11-4-2-1-3-5-11/h10-11H,1-9H2. The molecular formula is C15H20F3N3OS. The Morgan fingerprint density at radius 1 is 1.13 bits per heavy atom. The monoisotopic (exact) mass is 347 g/mol. The van der Waals surface area contributed by atoms with Crippen LogP contribution >= 0.6 is 11.3 Å². The summed E-state index contributed by atoms with van der Waals surface area (Å²) >= 11 is 0.670. The highest BCUT2D eigenvalue weighted by molar-refractivity contribution is 7.15. The fourth-order valence-corrected chi connectivity index (χ4v) is 4.10. The number of anilines is 1. The fourth-order valence-electron chi connectivity index (χ4n) is 3.27. The Kier molecular flexibility index (Phi) is 4.79. The molecule has 0 atom stereocenters. The van der Waals surface area contributed by atoms with Crippen LogP contribution in [0.4, 0.5) is 18.3 Å². The molecule has 0 aromatic carbocycles. The summed E-state index contributed by atoms with van der Waals surface area (Å²) in [7, 11) is 0. The highest BCUT2D eigenvalue weighted by Crippen LogP contribution is 2.36. The summed E-state index contributed by atoms with van der Waals surface area (Å²) in [6.07, 6.45) is 1.95. The molecule has 1 aromatic rings. The van der Waals surface area contributed by atoms with Gasteiger partial charge in [0, 0.05) is 32.1 Å². The van der Waals surface area contributed by atoms with Gasteiger partial charge in [0.05, 0.1) is 6.20 Å². The zero-order chi connectivity index (χ0) is 16.4. The maximum atomic E-state index is 12.6. The van der Waals surface area contributed by atoms with Crippen LogP contribution in [0.25, 0.3) is 0 Å². The van der Waals surface area contributed by atoms with Crippen molar-refractivity contribution in [3.63, 3.8) is 0 Å². The maximum Gasteiger partial charge on any atom is 0.427 e. The van der Waals surface area contributed by atoms with E-state index in [9.17, 15) is 18.0 Å². The predicted octanol–water partition coefficient (Wildman–Crippen LogP) is 3.39. The first-order valence-electron chi connectivity index (χ1n) is 8.02. The van der Waals surface area contributed by atoms with Crippen LogP contribution in [-0.2, 0) is 11.0 Å². The molecule has 1 saturated heterocycles. The van der Waals surface area contributed by atoms with Crippen LogP contribution < -0.4 is 4.90 Å². The number of nitrogens with zero attached hydrogens (tertiary/aromatic N) is 3. The molecule has 1 aromatic heterocycles. The minimum Gasteiger partial charge on any atom is -0.345 e. The third kappa shape index (κ3) is 3.79. The van der Waals surface area contributed by atoms with Gasteiger partial charge in [-0.2, -0.15) is 13.2 Å². The Balaban J connectivity index is 1.55. The van der Waals surface area contributed by atoms with Gasteiger partial charge in [0.2, 0.25) is 5.91 Å². The van der Waals surface area contributed by atoms with Crippen LogP contribution in [0.15, 0.2) is 6.20 Å². The molecule has 0 N–H and O–H groups in total. The van der Waals surface area contributed by atoms with Crippen LogP contribution in [0.1, 0.15) is 37.0 Å². The van der Waals surface area contributed by atoms with E-state index < -0.39 is 11.1 Å². The number of halogens is 3. The summed E-state index contributed by atoms with van der Waals surface area (Å²) in [5, 5.41) is 0.391. The third-order valence-corrected chi connectivity index (χ3v) is 5.69. The molecule has 23 heavy (non-hydrogen) atoms. The normalized spacial score (nSPS) is 20.8. The Morgan fingerprint density at radius 3 is 2.35 bits per heavy atom. The van der Waals surface area contributed by atoms with E-state index in [4.69, 9.17) is 0 Å². The van der Waals surface area contributed by atoms with Crippen LogP contribution in [0.5, 0.6) is 0 Å². The number of alkyl halides is 3. The summed E-state index contributed by atoms with van der Waals surface area (Å²) in [6.45, 7) is 2.22. The van der Waals surface area contributed by atoms with E-state index in [1.807, 2.05) is 9.80 Å². The van der Waals surface area contributed by atoms with Crippen molar-refractivity contribution >= 4 is 22.4 Å². The van der Waals surface area contributed by atoms with Crippen LogP contribution in [0.3, 0.4) is 0 Å². The molecule has 0 spiro atoms. The van der Waals surface area contributed by atoms with Gasteiger partial charge in [0.25, 0.3) is 0 Å². The summed E-state index contributed by atoms with van der Waals surface area (Å²) in [4.78, 5) is 19.4. The molecule has 0 unspecified atom stereocenters. The largest absolute Gasteiger partial charge is 0.427 e. The zero-order valence-electron chi connectivity index (χ0n) is 12.8. The van der Waals surface area contributed by atoms with Gasteiger partial charge in [0.1, 0.15) is 4.88 Å². The van der Waals surface area contributed by atoms with Gasteiger partial charge in [-0.25, -0.2) is 4.98 Å². The number of rotatable bonds is 2. The molecule has 0 radical (unpaired) electrons. The van der Waals surface area contributed by atoms with E-state index in [1.54, 1.807) is 0 Å². The quantitative estimate of drug-likeness (QED) is 0.823.